The molecule has 11 heavy (non-hydrogen) atoms. The number of hydrogen-bond donors (Lipinski definition) is 2. The Bertz CT molecular complexity index is 166. The highest BCUT2D eigenvalue weighted by molar-refractivity contribution is 5.20. The zero-order chi connectivity index (χ0) is 8.10. The van der Waals surface area contributed by atoms with Crippen LogP contribution in [-0.4, -0.2) is 13.1 Å². The lowest BCUT2D eigenvalue weighted by molar-refractivity contribution is 0.607. The average Bonchev–Trinajstić information content (AvgIpc) is 2.09. The molecule has 0 fully saturated rings. The fraction of sp³-hybridized carbons (Fsp3) is 0.556. The molecule has 0 heterocycles. The number of allylic oxidation sites excluding steroid dienone is 3. The summed E-state index contributed by atoms with van der Waals surface area (Å²) in [4.78, 5) is 0. The molecule has 0 spiro atoms. The molecule has 2 heteroatoms. The second kappa shape index (κ2) is 4.31. The molecule has 1 rings (SSSR count). The van der Waals surface area contributed by atoms with Gasteiger partial charge in [0.1, 0.15) is 0 Å². The minimum atomic E-state index is 0.403. The maximum atomic E-state index is 5.57. The Morgan fingerprint density at radius 3 is 2.55 bits per heavy atom. The third kappa shape index (κ3) is 2.17. The predicted octanol–water partition coefficient (Wildman–Crippen LogP) is 0.796. The smallest absolute Gasteiger partial charge is 0.00461 e. The van der Waals surface area contributed by atoms with E-state index < -0.39 is 0 Å². The lowest BCUT2D eigenvalue weighted by atomic mass is 9.92. The minimum absolute atomic E-state index is 0.403. The molecule has 1 aliphatic rings. The molecule has 0 bridgehead atoms. The summed E-state index contributed by atoms with van der Waals surface area (Å²) in [5, 5.41) is 0. The van der Waals surface area contributed by atoms with Crippen LogP contribution in [0.15, 0.2) is 23.8 Å². The highest BCUT2D eigenvalue weighted by Gasteiger charge is 2.10. The number of hydrogen-bond acceptors (Lipinski definition) is 2. The minimum Gasteiger partial charge on any atom is -0.330 e. The standard InChI is InChI=1S/C9H16N2/c10-6-9(7-11)8-4-2-1-3-5-8/h1-2,4,9H,3,5-7,10-11H2. The van der Waals surface area contributed by atoms with Gasteiger partial charge in [-0.1, -0.05) is 23.8 Å². The maximum Gasteiger partial charge on any atom is 0.00461 e. The van der Waals surface area contributed by atoms with E-state index >= 15 is 0 Å². The van der Waals surface area contributed by atoms with Crippen molar-refractivity contribution in [2.24, 2.45) is 17.4 Å². The largest absolute Gasteiger partial charge is 0.330 e. The second-order valence-corrected chi connectivity index (χ2v) is 2.88. The van der Waals surface area contributed by atoms with E-state index in [0.29, 0.717) is 19.0 Å². The number of rotatable bonds is 3. The van der Waals surface area contributed by atoms with E-state index in [1.807, 2.05) is 0 Å². The molecule has 0 aliphatic heterocycles. The summed E-state index contributed by atoms with van der Waals surface area (Å²) in [6, 6.07) is 0. The van der Waals surface area contributed by atoms with Gasteiger partial charge in [-0.25, -0.2) is 0 Å². The Morgan fingerprint density at radius 2 is 2.09 bits per heavy atom. The van der Waals surface area contributed by atoms with Gasteiger partial charge in [-0.2, -0.15) is 0 Å². The molecule has 0 saturated heterocycles. The molecular weight excluding hydrogens is 136 g/mol. The summed E-state index contributed by atoms with van der Waals surface area (Å²) in [6.45, 7) is 1.35. The van der Waals surface area contributed by atoms with E-state index in [0.717, 1.165) is 12.8 Å². The summed E-state index contributed by atoms with van der Waals surface area (Å²) in [5.74, 6) is 0.403. The van der Waals surface area contributed by atoms with Gasteiger partial charge in [0.05, 0.1) is 0 Å². The van der Waals surface area contributed by atoms with Crippen molar-refractivity contribution >= 4 is 0 Å². The fourth-order valence-electron chi connectivity index (χ4n) is 1.36. The van der Waals surface area contributed by atoms with Crippen LogP contribution in [0.1, 0.15) is 12.8 Å². The molecule has 0 radical (unpaired) electrons. The molecule has 0 atom stereocenters. The van der Waals surface area contributed by atoms with Crippen molar-refractivity contribution in [1.82, 2.24) is 0 Å². The molecule has 0 amide bonds. The molecule has 0 aromatic carbocycles. The Kier molecular flexibility index (Phi) is 3.33. The Labute approximate surface area is 68.0 Å². The highest BCUT2D eigenvalue weighted by atomic mass is 14.6. The van der Waals surface area contributed by atoms with Crippen molar-refractivity contribution < 1.29 is 0 Å². The molecule has 0 unspecified atom stereocenters. The van der Waals surface area contributed by atoms with Gasteiger partial charge in [0.15, 0.2) is 0 Å². The van der Waals surface area contributed by atoms with E-state index in [2.05, 4.69) is 18.2 Å². The first-order chi connectivity index (χ1) is 5.38. The average molecular weight is 152 g/mol. The molecule has 0 saturated carbocycles. The molecular formula is C9H16N2. The first-order valence-corrected chi connectivity index (χ1v) is 4.14. The predicted molar refractivity (Wildman–Crippen MR) is 48.1 cm³/mol. The van der Waals surface area contributed by atoms with Crippen LogP contribution in [0, 0.1) is 5.92 Å². The van der Waals surface area contributed by atoms with Crippen LogP contribution in [-0.2, 0) is 0 Å². The fourth-order valence-corrected chi connectivity index (χ4v) is 1.36. The van der Waals surface area contributed by atoms with Gasteiger partial charge in [-0.3, -0.25) is 0 Å². The molecule has 1 aliphatic carbocycles. The van der Waals surface area contributed by atoms with Gasteiger partial charge < -0.3 is 11.5 Å². The molecule has 4 N–H and O–H groups in total. The van der Waals surface area contributed by atoms with E-state index in [1.54, 1.807) is 0 Å². The van der Waals surface area contributed by atoms with Crippen molar-refractivity contribution in [3.63, 3.8) is 0 Å². The van der Waals surface area contributed by atoms with E-state index in [9.17, 15) is 0 Å². The first kappa shape index (κ1) is 8.50. The Morgan fingerprint density at radius 1 is 1.36 bits per heavy atom. The molecule has 2 nitrogen and oxygen atoms in total. The summed E-state index contributed by atoms with van der Waals surface area (Å²) in [6.07, 6.45) is 8.69. The van der Waals surface area contributed by atoms with Crippen molar-refractivity contribution in [3.05, 3.63) is 23.8 Å². The van der Waals surface area contributed by atoms with Gasteiger partial charge >= 0.3 is 0 Å². The second-order valence-electron chi connectivity index (χ2n) is 2.88. The van der Waals surface area contributed by atoms with Gasteiger partial charge in [0.25, 0.3) is 0 Å². The normalized spacial score (nSPS) is 17.2. The summed E-state index contributed by atoms with van der Waals surface area (Å²) in [7, 11) is 0. The lowest BCUT2D eigenvalue weighted by Crippen LogP contribution is -2.25. The van der Waals surface area contributed by atoms with E-state index in [4.69, 9.17) is 11.5 Å². The van der Waals surface area contributed by atoms with Crippen molar-refractivity contribution in [1.29, 1.82) is 0 Å². The molecule has 0 aromatic heterocycles. The van der Waals surface area contributed by atoms with Gasteiger partial charge in [-0.15, -0.1) is 0 Å². The quantitative estimate of drug-likeness (QED) is 0.628. The SMILES string of the molecule is NCC(CN)C1=CC=CCC1. The zero-order valence-electron chi connectivity index (χ0n) is 6.79. The van der Waals surface area contributed by atoms with Crippen molar-refractivity contribution in [3.8, 4) is 0 Å². The summed E-state index contributed by atoms with van der Waals surface area (Å²) < 4.78 is 0. The van der Waals surface area contributed by atoms with Gasteiger partial charge in [-0.05, 0) is 12.8 Å². The summed E-state index contributed by atoms with van der Waals surface area (Å²) >= 11 is 0. The Balaban J connectivity index is 2.56. The zero-order valence-corrected chi connectivity index (χ0v) is 6.79. The highest BCUT2D eigenvalue weighted by Crippen LogP contribution is 2.18. The lowest BCUT2D eigenvalue weighted by Gasteiger charge is -2.17. The topological polar surface area (TPSA) is 52.0 Å². The van der Waals surface area contributed by atoms with Crippen LogP contribution in [0.3, 0.4) is 0 Å². The molecule has 62 valence electrons. The van der Waals surface area contributed by atoms with Crippen LogP contribution in [0.25, 0.3) is 0 Å². The third-order valence-electron chi connectivity index (χ3n) is 2.14. The summed E-state index contributed by atoms with van der Waals surface area (Å²) in [5.41, 5.74) is 12.6. The first-order valence-electron chi connectivity index (χ1n) is 4.14. The monoisotopic (exact) mass is 152 g/mol. The van der Waals surface area contributed by atoms with Crippen molar-refractivity contribution in [2.45, 2.75) is 12.8 Å². The third-order valence-corrected chi connectivity index (χ3v) is 2.14. The maximum absolute atomic E-state index is 5.57. The number of nitrogens with two attached hydrogens (primary N) is 2. The van der Waals surface area contributed by atoms with Crippen LogP contribution < -0.4 is 11.5 Å². The van der Waals surface area contributed by atoms with Crippen molar-refractivity contribution in [2.75, 3.05) is 13.1 Å². The van der Waals surface area contributed by atoms with Crippen LogP contribution in [0.2, 0.25) is 0 Å². The molecule has 0 aromatic rings. The van der Waals surface area contributed by atoms with Crippen LogP contribution in [0.4, 0.5) is 0 Å². The van der Waals surface area contributed by atoms with E-state index in [1.165, 1.54) is 5.57 Å². The van der Waals surface area contributed by atoms with E-state index in [-0.39, 0.29) is 0 Å². The van der Waals surface area contributed by atoms with Crippen LogP contribution in [0.5, 0.6) is 0 Å². The van der Waals surface area contributed by atoms with Crippen LogP contribution >= 0.6 is 0 Å². The van der Waals surface area contributed by atoms with Gasteiger partial charge in [0.2, 0.25) is 0 Å². The van der Waals surface area contributed by atoms with Gasteiger partial charge in [0, 0.05) is 19.0 Å². The Hall–Kier alpha value is -0.600.